The molecule has 1 aromatic carbocycles. The van der Waals surface area contributed by atoms with Crippen LogP contribution in [0.1, 0.15) is 20.3 Å². The minimum absolute atomic E-state index is 0.0132. The van der Waals surface area contributed by atoms with Crippen molar-refractivity contribution in [2.45, 2.75) is 42.3 Å². The smallest absolute Gasteiger partial charge is 0.242 e. The average molecular weight is 425 g/mol. The van der Waals surface area contributed by atoms with Gasteiger partial charge in [-0.2, -0.15) is 0 Å². The summed E-state index contributed by atoms with van der Waals surface area (Å²) >= 11 is 5.96. The van der Waals surface area contributed by atoms with E-state index in [-0.39, 0.29) is 33.6 Å². The lowest BCUT2D eigenvalue weighted by Crippen LogP contribution is -2.46. The first-order chi connectivity index (χ1) is 12.0. The van der Waals surface area contributed by atoms with Crippen molar-refractivity contribution in [2.75, 3.05) is 32.4 Å². The molecule has 26 heavy (non-hydrogen) atoms. The number of sulfonamides is 1. The lowest BCUT2D eigenvalue weighted by atomic mass is 10.2. The van der Waals surface area contributed by atoms with Crippen LogP contribution in [0.2, 0.25) is 5.02 Å². The summed E-state index contributed by atoms with van der Waals surface area (Å²) in [5.74, 6) is 0. The third-order valence-corrected chi connectivity index (χ3v) is 7.11. The van der Waals surface area contributed by atoms with Gasteiger partial charge >= 0.3 is 0 Å². The van der Waals surface area contributed by atoms with Crippen LogP contribution in [-0.4, -0.2) is 66.4 Å². The van der Waals surface area contributed by atoms with E-state index < -0.39 is 19.9 Å². The Kier molecular flexibility index (Phi) is 7.09. The molecular formula is C16H25ClN2O5S2. The molecule has 2 atom stereocenters. The fourth-order valence-corrected chi connectivity index (χ4v) is 5.29. The Balaban J connectivity index is 1.97. The summed E-state index contributed by atoms with van der Waals surface area (Å²) in [5.41, 5.74) is 0. The Labute approximate surface area is 160 Å². The number of morpholine rings is 1. The molecule has 1 aromatic rings. The molecule has 10 heteroatoms. The number of halogens is 1. The minimum atomic E-state index is -3.89. The highest BCUT2D eigenvalue weighted by Crippen LogP contribution is 2.24. The van der Waals surface area contributed by atoms with Crippen molar-refractivity contribution in [1.29, 1.82) is 0 Å². The van der Waals surface area contributed by atoms with Crippen molar-refractivity contribution in [3.8, 4) is 0 Å². The lowest BCUT2D eigenvalue weighted by Gasteiger charge is -2.35. The van der Waals surface area contributed by atoms with Crippen LogP contribution in [0.15, 0.2) is 28.0 Å². The molecule has 7 nitrogen and oxygen atoms in total. The highest BCUT2D eigenvalue weighted by Gasteiger charge is 2.23. The zero-order valence-corrected chi connectivity index (χ0v) is 17.5. The van der Waals surface area contributed by atoms with Crippen LogP contribution < -0.4 is 4.72 Å². The van der Waals surface area contributed by atoms with Crippen LogP contribution in [0.3, 0.4) is 0 Å². The standard InChI is InChI=1S/C16H25ClN2O5S2/c1-12-10-19(11-13(2)24-12)8-4-7-18-26(22,23)16-9-14(25(3,20)21)5-6-15(16)17/h5-6,9,12-13,18H,4,7-8,10-11H2,1-3H3. The van der Waals surface area contributed by atoms with E-state index in [9.17, 15) is 16.8 Å². The summed E-state index contributed by atoms with van der Waals surface area (Å²) in [6.45, 7) is 6.66. The number of ether oxygens (including phenoxy) is 1. The maximum Gasteiger partial charge on any atom is 0.242 e. The summed E-state index contributed by atoms with van der Waals surface area (Å²) < 4.78 is 56.4. The number of hydrogen-bond donors (Lipinski definition) is 1. The van der Waals surface area contributed by atoms with Crippen LogP contribution in [0.4, 0.5) is 0 Å². The van der Waals surface area contributed by atoms with Gasteiger partial charge in [0.05, 0.1) is 22.1 Å². The zero-order chi connectivity index (χ0) is 19.5. The molecule has 0 spiro atoms. The molecule has 2 unspecified atom stereocenters. The van der Waals surface area contributed by atoms with Gasteiger partial charge in [0.1, 0.15) is 4.90 Å². The monoisotopic (exact) mass is 424 g/mol. The van der Waals surface area contributed by atoms with Gasteiger partial charge in [0.25, 0.3) is 0 Å². The van der Waals surface area contributed by atoms with Gasteiger partial charge in [-0.25, -0.2) is 21.6 Å². The van der Waals surface area contributed by atoms with Gasteiger partial charge in [-0.3, -0.25) is 4.90 Å². The molecule has 0 radical (unpaired) electrons. The van der Waals surface area contributed by atoms with E-state index in [1.54, 1.807) is 0 Å². The molecule has 0 aromatic heterocycles. The number of nitrogens with one attached hydrogen (secondary N) is 1. The van der Waals surface area contributed by atoms with Crippen molar-refractivity contribution in [1.82, 2.24) is 9.62 Å². The van der Waals surface area contributed by atoms with E-state index in [0.717, 1.165) is 32.0 Å². The first kappa shape index (κ1) is 21.6. The summed E-state index contributed by atoms with van der Waals surface area (Å²) in [6.07, 6.45) is 1.97. The normalized spacial score (nSPS) is 22.5. The number of benzene rings is 1. The first-order valence-electron chi connectivity index (χ1n) is 8.36. The molecule has 1 aliphatic heterocycles. The fraction of sp³-hybridized carbons (Fsp3) is 0.625. The van der Waals surface area contributed by atoms with E-state index in [0.29, 0.717) is 6.42 Å². The molecule has 148 valence electrons. The molecule has 1 N–H and O–H groups in total. The van der Waals surface area contributed by atoms with Gasteiger partial charge in [-0.05, 0) is 45.0 Å². The van der Waals surface area contributed by atoms with E-state index >= 15 is 0 Å². The van der Waals surface area contributed by atoms with Gasteiger partial charge in [0, 0.05) is 25.9 Å². The number of rotatable bonds is 7. The van der Waals surface area contributed by atoms with E-state index in [1.807, 2.05) is 13.8 Å². The molecule has 1 heterocycles. The Morgan fingerprint density at radius 1 is 1.19 bits per heavy atom. The third kappa shape index (κ3) is 5.90. The molecular weight excluding hydrogens is 400 g/mol. The zero-order valence-electron chi connectivity index (χ0n) is 15.1. The van der Waals surface area contributed by atoms with Gasteiger partial charge in [0.15, 0.2) is 9.84 Å². The second-order valence-electron chi connectivity index (χ2n) is 6.63. The average Bonchev–Trinajstić information content (AvgIpc) is 2.50. The Bertz CT molecular complexity index is 832. The molecule has 0 amide bonds. The van der Waals surface area contributed by atoms with Crippen molar-refractivity contribution in [3.63, 3.8) is 0 Å². The summed E-state index contributed by atoms with van der Waals surface area (Å²) in [4.78, 5) is 1.93. The third-order valence-electron chi connectivity index (χ3n) is 4.06. The van der Waals surface area contributed by atoms with Crippen molar-refractivity contribution in [3.05, 3.63) is 23.2 Å². The van der Waals surface area contributed by atoms with Gasteiger partial charge in [0.2, 0.25) is 10.0 Å². The second-order valence-corrected chi connectivity index (χ2v) is 10.8. The summed E-state index contributed by atoms with van der Waals surface area (Å²) in [6, 6.07) is 3.66. The second kappa shape index (κ2) is 8.53. The topological polar surface area (TPSA) is 92.8 Å². The molecule has 1 fully saturated rings. The molecule has 1 aliphatic rings. The number of nitrogens with zero attached hydrogens (tertiary/aromatic N) is 1. The van der Waals surface area contributed by atoms with Crippen molar-refractivity contribution in [2.24, 2.45) is 0 Å². The van der Waals surface area contributed by atoms with Crippen LogP contribution in [-0.2, 0) is 24.6 Å². The van der Waals surface area contributed by atoms with Crippen molar-refractivity contribution < 1.29 is 21.6 Å². The molecule has 0 aliphatic carbocycles. The van der Waals surface area contributed by atoms with Crippen LogP contribution >= 0.6 is 11.6 Å². The largest absolute Gasteiger partial charge is 0.373 e. The Hall–Kier alpha value is -0.710. The van der Waals surface area contributed by atoms with Gasteiger partial charge < -0.3 is 4.74 Å². The quantitative estimate of drug-likeness (QED) is 0.667. The summed E-state index contributed by atoms with van der Waals surface area (Å²) in [5, 5.41) is -0.0132. The van der Waals surface area contributed by atoms with Crippen LogP contribution in [0.25, 0.3) is 0 Å². The Morgan fingerprint density at radius 2 is 1.81 bits per heavy atom. The highest BCUT2D eigenvalue weighted by atomic mass is 35.5. The Morgan fingerprint density at radius 3 is 2.38 bits per heavy atom. The minimum Gasteiger partial charge on any atom is -0.373 e. The molecule has 0 bridgehead atoms. The van der Waals surface area contributed by atoms with Gasteiger partial charge in [-0.1, -0.05) is 11.6 Å². The highest BCUT2D eigenvalue weighted by molar-refractivity contribution is 7.91. The molecule has 0 saturated carbocycles. The van der Waals surface area contributed by atoms with E-state index in [2.05, 4.69) is 9.62 Å². The predicted octanol–water partition coefficient (Wildman–Crippen LogP) is 1.52. The lowest BCUT2D eigenvalue weighted by molar-refractivity contribution is -0.0679. The molecule has 2 rings (SSSR count). The fourth-order valence-electron chi connectivity index (χ4n) is 2.97. The van der Waals surface area contributed by atoms with Gasteiger partial charge in [-0.15, -0.1) is 0 Å². The van der Waals surface area contributed by atoms with E-state index in [4.69, 9.17) is 16.3 Å². The maximum atomic E-state index is 12.5. The molecule has 1 saturated heterocycles. The predicted molar refractivity (Wildman–Crippen MR) is 101 cm³/mol. The maximum absolute atomic E-state index is 12.5. The number of hydrogen-bond acceptors (Lipinski definition) is 6. The summed E-state index contributed by atoms with van der Waals surface area (Å²) in [7, 11) is -7.41. The van der Waals surface area contributed by atoms with Crippen LogP contribution in [0.5, 0.6) is 0 Å². The number of sulfone groups is 1. The SMILES string of the molecule is CC1CN(CCCNS(=O)(=O)c2cc(S(C)(=O)=O)ccc2Cl)CC(C)O1. The van der Waals surface area contributed by atoms with Crippen molar-refractivity contribution >= 4 is 31.5 Å². The first-order valence-corrected chi connectivity index (χ1v) is 12.1. The van der Waals surface area contributed by atoms with Crippen LogP contribution in [0, 0.1) is 0 Å². The van der Waals surface area contributed by atoms with E-state index in [1.165, 1.54) is 12.1 Å².